The molecule has 0 saturated carbocycles. The Kier molecular flexibility index (Phi) is 6.48. The number of hydrogen-bond acceptors (Lipinski definition) is 6. The van der Waals surface area contributed by atoms with Crippen molar-refractivity contribution in [3.8, 4) is 5.75 Å². The molecule has 1 amide bonds. The number of sulfone groups is 1. The second-order valence-corrected chi connectivity index (χ2v) is 10.5. The van der Waals surface area contributed by atoms with Gasteiger partial charge in [0.25, 0.3) is 5.91 Å². The number of sulfonamides is 1. The third kappa shape index (κ3) is 5.31. The van der Waals surface area contributed by atoms with E-state index >= 15 is 0 Å². The fraction of sp³-hybridized carbons (Fsp3) is 0.278. The monoisotopic (exact) mass is 426 g/mol. The van der Waals surface area contributed by atoms with E-state index in [0.717, 1.165) is 10.6 Å². The number of rotatable bonds is 7. The largest absolute Gasteiger partial charge is 0.481 e. The van der Waals surface area contributed by atoms with Gasteiger partial charge in [0.05, 0.1) is 9.79 Å². The van der Waals surface area contributed by atoms with Gasteiger partial charge in [-0.2, -0.15) is 0 Å². The molecule has 0 saturated heterocycles. The van der Waals surface area contributed by atoms with Crippen LogP contribution < -0.4 is 10.1 Å². The van der Waals surface area contributed by atoms with Crippen molar-refractivity contribution in [3.05, 3.63) is 48.5 Å². The summed E-state index contributed by atoms with van der Waals surface area (Å²) in [6.07, 6.45) is 0.210. The Morgan fingerprint density at radius 1 is 1.00 bits per heavy atom. The molecule has 0 aliphatic rings. The van der Waals surface area contributed by atoms with Crippen molar-refractivity contribution in [2.45, 2.75) is 22.8 Å². The molecule has 0 heterocycles. The Morgan fingerprint density at radius 2 is 1.61 bits per heavy atom. The Morgan fingerprint density at radius 3 is 2.14 bits per heavy atom. The zero-order valence-corrected chi connectivity index (χ0v) is 17.5. The zero-order chi connectivity index (χ0) is 21.1. The van der Waals surface area contributed by atoms with Gasteiger partial charge < -0.3 is 10.1 Å². The summed E-state index contributed by atoms with van der Waals surface area (Å²) in [6, 6.07) is 11.6. The summed E-state index contributed by atoms with van der Waals surface area (Å²) in [5.41, 5.74) is 0.316. The van der Waals surface area contributed by atoms with Gasteiger partial charge in [0.2, 0.25) is 10.0 Å². The van der Waals surface area contributed by atoms with Crippen molar-refractivity contribution in [1.82, 2.24) is 4.31 Å². The van der Waals surface area contributed by atoms with Gasteiger partial charge in [-0.15, -0.1) is 0 Å². The minimum absolute atomic E-state index is 0.0558. The molecule has 8 nitrogen and oxygen atoms in total. The Bertz CT molecular complexity index is 1060. The molecule has 1 unspecified atom stereocenters. The first kappa shape index (κ1) is 21.9. The van der Waals surface area contributed by atoms with Gasteiger partial charge in [0, 0.05) is 26.0 Å². The highest BCUT2D eigenvalue weighted by molar-refractivity contribution is 7.90. The molecule has 2 aromatic carbocycles. The van der Waals surface area contributed by atoms with Crippen LogP contribution >= 0.6 is 0 Å². The van der Waals surface area contributed by atoms with Crippen LogP contribution in [0.3, 0.4) is 0 Å². The van der Waals surface area contributed by atoms with Crippen LogP contribution in [0.15, 0.2) is 58.3 Å². The molecule has 28 heavy (non-hydrogen) atoms. The summed E-state index contributed by atoms with van der Waals surface area (Å²) in [7, 11) is -4.09. The van der Waals surface area contributed by atoms with Crippen molar-refractivity contribution in [3.63, 3.8) is 0 Å². The highest BCUT2D eigenvalue weighted by Gasteiger charge is 2.19. The normalized spacial score (nSPS) is 13.2. The molecule has 1 N–H and O–H groups in total. The molecule has 10 heteroatoms. The summed E-state index contributed by atoms with van der Waals surface area (Å²) in [6.45, 7) is 1.53. The number of hydrogen-bond donors (Lipinski definition) is 1. The number of benzene rings is 2. The lowest BCUT2D eigenvalue weighted by molar-refractivity contribution is -0.122. The van der Waals surface area contributed by atoms with Crippen molar-refractivity contribution >= 4 is 31.5 Å². The van der Waals surface area contributed by atoms with E-state index in [1.54, 1.807) is 6.07 Å². The lowest BCUT2D eigenvalue weighted by Crippen LogP contribution is -2.30. The summed E-state index contributed by atoms with van der Waals surface area (Å²) < 4.78 is 53.9. The van der Waals surface area contributed by atoms with Gasteiger partial charge in [-0.05, 0) is 49.4 Å². The highest BCUT2D eigenvalue weighted by atomic mass is 32.2. The van der Waals surface area contributed by atoms with Gasteiger partial charge in [0.15, 0.2) is 15.9 Å². The summed E-state index contributed by atoms with van der Waals surface area (Å²) >= 11 is 0. The Labute approximate surface area is 165 Å². The van der Waals surface area contributed by atoms with Crippen molar-refractivity contribution in [2.24, 2.45) is 0 Å². The maximum atomic E-state index is 12.3. The lowest BCUT2D eigenvalue weighted by atomic mass is 10.3. The number of nitrogens with one attached hydrogen (secondary N) is 1. The third-order valence-corrected chi connectivity index (χ3v) is 6.75. The van der Waals surface area contributed by atoms with E-state index in [0.29, 0.717) is 11.4 Å². The molecule has 0 bridgehead atoms. The van der Waals surface area contributed by atoms with Crippen LogP contribution in [-0.4, -0.2) is 53.5 Å². The molecule has 152 valence electrons. The van der Waals surface area contributed by atoms with Crippen molar-refractivity contribution in [1.29, 1.82) is 0 Å². The number of ether oxygens (including phenoxy) is 1. The van der Waals surface area contributed by atoms with E-state index in [4.69, 9.17) is 4.74 Å². The molecule has 2 rings (SSSR count). The standard InChI is InChI=1S/C18H22N2O6S2/c1-13(26-15-8-10-16(11-9-15)27(4,22)23)18(21)19-14-6-5-7-17(12-14)28(24,25)20(2)3/h5-13H,1-4H3,(H,19,21). The minimum Gasteiger partial charge on any atom is -0.481 e. The van der Waals surface area contributed by atoms with Crippen LogP contribution in [0, 0.1) is 0 Å². The molecular formula is C18H22N2O6S2. The molecule has 0 aliphatic heterocycles. The molecule has 0 spiro atoms. The molecule has 0 fully saturated rings. The fourth-order valence-electron chi connectivity index (χ4n) is 2.21. The first-order chi connectivity index (χ1) is 12.9. The average molecular weight is 427 g/mol. The number of nitrogens with zero attached hydrogens (tertiary/aromatic N) is 1. The quantitative estimate of drug-likeness (QED) is 0.722. The zero-order valence-electron chi connectivity index (χ0n) is 15.9. The van der Waals surface area contributed by atoms with E-state index in [1.807, 2.05) is 0 Å². The first-order valence-corrected chi connectivity index (χ1v) is 11.5. The van der Waals surface area contributed by atoms with Gasteiger partial charge in [-0.1, -0.05) is 6.07 Å². The lowest BCUT2D eigenvalue weighted by Gasteiger charge is -2.16. The van der Waals surface area contributed by atoms with E-state index in [2.05, 4.69) is 5.32 Å². The van der Waals surface area contributed by atoms with Crippen LogP contribution in [-0.2, 0) is 24.7 Å². The van der Waals surface area contributed by atoms with Crippen molar-refractivity contribution < 1.29 is 26.4 Å². The van der Waals surface area contributed by atoms with E-state index in [9.17, 15) is 21.6 Å². The maximum absolute atomic E-state index is 12.3. The molecule has 0 aliphatic carbocycles. The number of anilines is 1. The number of carbonyl (C=O) groups is 1. The maximum Gasteiger partial charge on any atom is 0.265 e. The molecule has 2 aromatic rings. The molecular weight excluding hydrogens is 404 g/mol. The van der Waals surface area contributed by atoms with E-state index < -0.39 is 31.9 Å². The van der Waals surface area contributed by atoms with Crippen LogP contribution in [0.2, 0.25) is 0 Å². The fourth-order valence-corrected chi connectivity index (χ4v) is 3.79. The topological polar surface area (TPSA) is 110 Å². The first-order valence-electron chi connectivity index (χ1n) is 8.21. The average Bonchev–Trinajstić information content (AvgIpc) is 2.61. The second kappa shape index (κ2) is 8.29. The predicted molar refractivity (Wildman–Crippen MR) is 106 cm³/mol. The van der Waals surface area contributed by atoms with E-state index in [-0.39, 0.29) is 9.79 Å². The van der Waals surface area contributed by atoms with Crippen molar-refractivity contribution in [2.75, 3.05) is 25.7 Å². The molecule has 0 radical (unpaired) electrons. The van der Waals surface area contributed by atoms with Crippen LogP contribution in [0.4, 0.5) is 5.69 Å². The molecule has 1 atom stereocenters. The highest BCUT2D eigenvalue weighted by Crippen LogP contribution is 2.20. The number of amides is 1. The van der Waals surface area contributed by atoms with E-state index in [1.165, 1.54) is 63.5 Å². The second-order valence-electron chi connectivity index (χ2n) is 6.31. The number of carbonyl (C=O) groups excluding carboxylic acids is 1. The van der Waals surface area contributed by atoms with Gasteiger partial charge in [0.1, 0.15) is 5.75 Å². The SMILES string of the molecule is CC(Oc1ccc(S(C)(=O)=O)cc1)C(=O)Nc1cccc(S(=O)(=O)N(C)C)c1. The van der Waals surface area contributed by atoms with Crippen LogP contribution in [0.1, 0.15) is 6.92 Å². The Balaban J connectivity index is 2.09. The summed E-state index contributed by atoms with van der Waals surface area (Å²) in [5.74, 6) is -0.148. The summed E-state index contributed by atoms with van der Waals surface area (Å²) in [5, 5.41) is 2.61. The summed E-state index contributed by atoms with van der Waals surface area (Å²) in [4.78, 5) is 12.6. The van der Waals surface area contributed by atoms with Crippen LogP contribution in [0.25, 0.3) is 0 Å². The van der Waals surface area contributed by atoms with Crippen LogP contribution in [0.5, 0.6) is 5.75 Å². The van der Waals surface area contributed by atoms with Gasteiger partial charge in [-0.3, -0.25) is 4.79 Å². The van der Waals surface area contributed by atoms with Gasteiger partial charge in [-0.25, -0.2) is 21.1 Å². The smallest absolute Gasteiger partial charge is 0.265 e. The minimum atomic E-state index is -3.62. The molecule has 0 aromatic heterocycles. The Hall–Kier alpha value is -2.43. The van der Waals surface area contributed by atoms with Gasteiger partial charge >= 0.3 is 0 Å². The third-order valence-electron chi connectivity index (χ3n) is 3.81. The predicted octanol–water partition coefficient (Wildman–Crippen LogP) is 1.75.